The van der Waals surface area contributed by atoms with Crippen molar-refractivity contribution < 1.29 is 26.5 Å². The van der Waals surface area contributed by atoms with Crippen molar-refractivity contribution in [3.8, 4) is 0 Å². The quantitative estimate of drug-likeness (QED) is 0.533. The van der Waals surface area contributed by atoms with Crippen molar-refractivity contribution in [1.82, 2.24) is 15.3 Å². The molecular weight excluding hydrogens is 390 g/mol. The van der Waals surface area contributed by atoms with Crippen LogP contribution in [-0.2, 0) is 25.9 Å². The number of aromatic nitrogens is 2. The third-order valence-corrected chi connectivity index (χ3v) is 5.14. The Kier molecular flexibility index (Phi) is 8.31. The SMILES string of the molecule is CCc1nnc([C@H]2CC[C@@H](N)C2)o1.NCCC[C@@H]1CCC(=O)N1OS(=O)(=O)O. The van der Waals surface area contributed by atoms with Crippen LogP contribution in [0.3, 0.4) is 0 Å². The van der Waals surface area contributed by atoms with Crippen molar-refractivity contribution in [3.05, 3.63) is 11.8 Å². The molecule has 1 saturated carbocycles. The predicted octanol–water partition coefficient (Wildman–Crippen LogP) is 0.678. The third-order valence-electron chi connectivity index (χ3n) is 4.79. The zero-order valence-corrected chi connectivity index (χ0v) is 16.8. The number of aryl methyl sites for hydroxylation is 1. The molecule has 0 unspecified atom stereocenters. The van der Waals surface area contributed by atoms with Crippen molar-refractivity contribution in [2.24, 2.45) is 11.5 Å². The summed E-state index contributed by atoms with van der Waals surface area (Å²) in [5.74, 6) is 1.48. The molecule has 5 N–H and O–H groups in total. The van der Waals surface area contributed by atoms with Crippen LogP contribution in [0.5, 0.6) is 0 Å². The van der Waals surface area contributed by atoms with E-state index in [0.717, 1.165) is 42.5 Å². The van der Waals surface area contributed by atoms with Gasteiger partial charge in [0.05, 0.1) is 6.04 Å². The highest BCUT2D eigenvalue weighted by Gasteiger charge is 2.34. The van der Waals surface area contributed by atoms with Crippen molar-refractivity contribution >= 4 is 16.3 Å². The van der Waals surface area contributed by atoms with Gasteiger partial charge in [0, 0.05) is 24.8 Å². The van der Waals surface area contributed by atoms with Crippen LogP contribution in [0.1, 0.15) is 69.6 Å². The zero-order valence-electron chi connectivity index (χ0n) is 16.0. The number of amides is 1. The van der Waals surface area contributed by atoms with Gasteiger partial charge in [0.2, 0.25) is 17.7 Å². The van der Waals surface area contributed by atoms with Gasteiger partial charge in [0.25, 0.3) is 0 Å². The number of carbonyl (C=O) groups is 1. The molecule has 0 bridgehead atoms. The van der Waals surface area contributed by atoms with Crippen molar-refractivity contribution in [1.29, 1.82) is 0 Å². The molecule has 3 rings (SSSR count). The van der Waals surface area contributed by atoms with Crippen LogP contribution in [-0.4, -0.2) is 52.8 Å². The van der Waals surface area contributed by atoms with E-state index in [1.165, 1.54) is 0 Å². The third kappa shape index (κ3) is 6.78. The van der Waals surface area contributed by atoms with E-state index in [2.05, 4.69) is 14.5 Å². The summed E-state index contributed by atoms with van der Waals surface area (Å²) in [4.78, 5) is 11.2. The summed E-state index contributed by atoms with van der Waals surface area (Å²) in [6.45, 7) is 2.47. The first-order valence-electron chi connectivity index (χ1n) is 9.50. The second-order valence-corrected chi connectivity index (χ2v) is 8.01. The Balaban J connectivity index is 0.000000202. The molecule has 11 nitrogen and oxygen atoms in total. The molecule has 1 aromatic heterocycles. The lowest BCUT2D eigenvalue weighted by Crippen LogP contribution is -2.35. The molecular formula is C16H29N5O6S. The molecule has 160 valence electrons. The fourth-order valence-corrected chi connectivity index (χ4v) is 3.76. The minimum Gasteiger partial charge on any atom is -0.425 e. The fourth-order valence-electron chi connectivity index (χ4n) is 3.36. The van der Waals surface area contributed by atoms with Gasteiger partial charge in [-0.25, -0.2) is 0 Å². The predicted molar refractivity (Wildman–Crippen MR) is 99.0 cm³/mol. The highest BCUT2D eigenvalue weighted by atomic mass is 32.3. The van der Waals surface area contributed by atoms with E-state index >= 15 is 0 Å². The number of carbonyl (C=O) groups excluding carboxylic acids is 1. The van der Waals surface area contributed by atoms with Crippen LogP contribution in [0.2, 0.25) is 0 Å². The first kappa shape index (κ1) is 22.7. The Bertz CT molecular complexity index is 740. The Labute approximate surface area is 164 Å². The van der Waals surface area contributed by atoms with Gasteiger partial charge in [-0.15, -0.1) is 14.5 Å². The van der Waals surface area contributed by atoms with Gasteiger partial charge in [-0.1, -0.05) is 6.92 Å². The number of hydrogen-bond donors (Lipinski definition) is 3. The van der Waals surface area contributed by atoms with Gasteiger partial charge in [0.15, 0.2) is 0 Å². The molecule has 1 aliphatic heterocycles. The van der Waals surface area contributed by atoms with Gasteiger partial charge in [-0.05, 0) is 45.1 Å². The Hall–Kier alpha value is -1.60. The lowest BCUT2D eigenvalue weighted by atomic mass is 10.1. The van der Waals surface area contributed by atoms with Crippen LogP contribution < -0.4 is 11.5 Å². The molecule has 1 aliphatic carbocycles. The van der Waals surface area contributed by atoms with Gasteiger partial charge >= 0.3 is 10.4 Å². The van der Waals surface area contributed by atoms with Crippen molar-refractivity contribution in [2.45, 2.75) is 76.3 Å². The van der Waals surface area contributed by atoms with Crippen LogP contribution >= 0.6 is 0 Å². The van der Waals surface area contributed by atoms with E-state index in [-0.39, 0.29) is 12.5 Å². The van der Waals surface area contributed by atoms with Gasteiger partial charge in [0.1, 0.15) is 0 Å². The van der Waals surface area contributed by atoms with Gasteiger partial charge < -0.3 is 15.9 Å². The summed E-state index contributed by atoms with van der Waals surface area (Å²) in [5.41, 5.74) is 11.1. The molecule has 1 amide bonds. The standard InChI is InChI=1S/C9H15N3O.C7H14N2O5S/c1-2-8-11-12-9(13-8)6-3-4-7(10)5-6;8-5-1-2-6-3-4-7(10)9(6)14-15(11,12)13/h6-7H,2-5,10H2,1H3;6H,1-5,8H2,(H,11,12,13)/t6-,7+;6-/m01/s1. The summed E-state index contributed by atoms with van der Waals surface area (Å²) >= 11 is 0. The molecule has 2 heterocycles. The second kappa shape index (κ2) is 10.3. The maximum atomic E-state index is 11.2. The molecule has 0 spiro atoms. The average molecular weight is 420 g/mol. The molecule has 1 saturated heterocycles. The first-order valence-corrected chi connectivity index (χ1v) is 10.9. The summed E-state index contributed by atoms with van der Waals surface area (Å²) < 4.78 is 39.1. The van der Waals surface area contributed by atoms with Crippen LogP contribution in [0.25, 0.3) is 0 Å². The lowest BCUT2D eigenvalue weighted by Gasteiger charge is -2.20. The smallest absolute Gasteiger partial charge is 0.418 e. The lowest BCUT2D eigenvalue weighted by molar-refractivity contribution is -0.157. The first-order chi connectivity index (χ1) is 13.2. The minimum atomic E-state index is -4.62. The summed E-state index contributed by atoms with van der Waals surface area (Å²) in [5, 5.41) is 8.71. The molecule has 2 aliphatic rings. The van der Waals surface area contributed by atoms with E-state index in [0.29, 0.717) is 37.8 Å². The van der Waals surface area contributed by atoms with E-state index < -0.39 is 16.3 Å². The van der Waals surface area contributed by atoms with Crippen molar-refractivity contribution in [2.75, 3.05) is 6.54 Å². The summed E-state index contributed by atoms with van der Waals surface area (Å²) in [6, 6.07) is 0.00458. The molecule has 3 atom stereocenters. The normalized spacial score (nSPS) is 25.1. The second-order valence-electron chi connectivity index (χ2n) is 7.00. The molecule has 28 heavy (non-hydrogen) atoms. The summed E-state index contributed by atoms with van der Waals surface area (Å²) in [7, 11) is -4.62. The van der Waals surface area contributed by atoms with Crippen molar-refractivity contribution in [3.63, 3.8) is 0 Å². The molecule has 12 heteroatoms. The highest BCUT2D eigenvalue weighted by molar-refractivity contribution is 7.80. The van der Waals surface area contributed by atoms with E-state index in [1.807, 2.05) is 6.92 Å². The largest absolute Gasteiger partial charge is 0.425 e. The number of nitrogens with two attached hydrogens (primary N) is 2. The number of hydrogen-bond acceptors (Lipinski definition) is 9. The number of nitrogens with zero attached hydrogens (tertiary/aromatic N) is 3. The Morgan fingerprint density at radius 2 is 2.07 bits per heavy atom. The zero-order chi connectivity index (χ0) is 20.7. The highest BCUT2D eigenvalue weighted by Crippen LogP contribution is 2.32. The molecule has 1 aromatic rings. The molecule has 2 fully saturated rings. The van der Waals surface area contributed by atoms with E-state index in [1.54, 1.807) is 0 Å². The fraction of sp³-hybridized carbons (Fsp3) is 0.812. The van der Waals surface area contributed by atoms with Crippen LogP contribution in [0, 0.1) is 0 Å². The van der Waals surface area contributed by atoms with E-state index in [9.17, 15) is 13.2 Å². The van der Waals surface area contributed by atoms with E-state index in [4.69, 9.17) is 20.4 Å². The van der Waals surface area contributed by atoms with Crippen LogP contribution in [0.4, 0.5) is 0 Å². The number of hydroxylamine groups is 2. The maximum Gasteiger partial charge on any atom is 0.418 e. The summed E-state index contributed by atoms with van der Waals surface area (Å²) in [6.07, 6.45) is 5.96. The van der Waals surface area contributed by atoms with Crippen LogP contribution in [0.15, 0.2) is 4.42 Å². The maximum absolute atomic E-state index is 11.2. The molecule has 0 radical (unpaired) electrons. The molecule has 0 aromatic carbocycles. The topological polar surface area (TPSA) is 175 Å². The Morgan fingerprint density at radius 3 is 2.61 bits per heavy atom. The van der Waals surface area contributed by atoms with Gasteiger partial charge in [-0.2, -0.15) is 13.5 Å². The monoisotopic (exact) mass is 419 g/mol. The average Bonchev–Trinajstić information content (AvgIpc) is 3.34. The van der Waals surface area contributed by atoms with Gasteiger partial charge in [-0.3, -0.25) is 9.35 Å². The number of rotatable bonds is 7. The Morgan fingerprint density at radius 1 is 1.32 bits per heavy atom. The minimum absolute atomic E-state index is 0.227.